The molecule has 0 unspecified atom stereocenters. The van der Waals surface area contributed by atoms with E-state index in [2.05, 4.69) is 26.4 Å². The SMILES string of the molecule is COC(=O)CCCN1CCC(C(=O)NCCc2cccs2)CC1. The van der Waals surface area contributed by atoms with E-state index in [1.807, 2.05) is 6.07 Å². The average Bonchev–Trinajstić information content (AvgIpc) is 3.08. The fourth-order valence-corrected chi connectivity index (χ4v) is 3.58. The summed E-state index contributed by atoms with van der Waals surface area (Å²) in [6.07, 6.45) is 4.02. The van der Waals surface area contributed by atoms with Crippen molar-refractivity contribution in [3.8, 4) is 0 Å². The Balaban J connectivity index is 1.58. The molecule has 1 amide bonds. The van der Waals surface area contributed by atoms with Crippen molar-refractivity contribution in [2.45, 2.75) is 32.1 Å². The van der Waals surface area contributed by atoms with Gasteiger partial charge in [0.05, 0.1) is 7.11 Å². The van der Waals surface area contributed by atoms with Gasteiger partial charge in [-0.15, -0.1) is 11.3 Å². The smallest absolute Gasteiger partial charge is 0.305 e. The Morgan fingerprint density at radius 2 is 2.17 bits per heavy atom. The lowest BCUT2D eigenvalue weighted by molar-refractivity contribution is -0.140. The number of likely N-dealkylation sites (tertiary alicyclic amines) is 1. The molecule has 0 aromatic carbocycles. The van der Waals surface area contributed by atoms with Crippen LogP contribution in [0.2, 0.25) is 0 Å². The van der Waals surface area contributed by atoms with Crippen LogP contribution in [0.3, 0.4) is 0 Å². The molecule has 1 aromatic rings. The second-order valence-corrected chi connectivity index (χ2v) is 6.95. The molecule has 0 bridgehead atoms. The van der Waals surface area contributed by atoms with E-state index in [0.29, 0.717) is 6.42 Å². The van der Waals surface area contributed by atoms with Crippen molar-refractivity contribution in [3.63, 3.8) is 0 Å². The van der Waals surface area contributed by atoms with E-state index in [1.54, 1.807) is 11.3 Å². The van der Waals surface area contributed by atoms with Crippen LogP contribution in [0.1, 0.15) is 30.6 Å². The minimum absolute atomic E-state index is 0.134. The zero-order valence-corrected chi connectivity index (χ0v) is 14.6. The number of hydrogen-bond acceptors (Lipinski definition) is 5. The van der Waals surface area contributed by atoms with Crippen molar-refractivity contribution >= 4 is 23.2 Å². The largest absolute Gasteiger partial charge is 0.469 e. The zero-order chi connectivity index (χ0) is 16.5. The van der Waals surface area contributed by atoms with Crippen molar-refractivity contribution in [1.29, 1.82) is 0 Å². The van der Waals surface area contributed by atoms with Crippen molar-refractivity contribution in [1.82, 2.24) is 10.2 Å². The van der Waals surface area contributed by atoms with Crippen LogP contribution >= 0.6 is 11.3 Å². The molecule has 0 saturated carbocycles. The number of ether oxygens (including phenoxy) is 1. The molecule has 1 aliphatic rings. The highest BCUT2D eigenvalue weighted by atomic mass is 32.1. The Morgan fingerprint density at radius 3 is 2.83 bits per heavy atom. The summed E-state index contributed by atoms with van der Waals surface area (Å²) in [6, 6.07) is 4.14. The van der Waals surface area contributed by atoms with Crippen LogP contribution < -0.4 is 5.32 Å². The standard InChI is InChI=1S/C17H26N2O3S/c1-22-16(20)5-2-10-19-11-7-14(8-12-19)17(21)18-9-6-15-4-3-13-23-15/h3-4,13-14H,2,5-12H2,1H3,(H,18,21). The van der Waals surface area contributed by atoms with Gasteiger partial charge in [-0.25, -0.2) is 0 Å². The summed E-state index contributed by atoms with van der Waals surface area (Å²) in [5, 5.41) is 5.12. The topological polar surface area (TPSA) is 58.6 Å². The average molecular weight is 338 g/mol. The molecule has 0 aliphatic carbocycles. The van der Waals surface area contributed by atoms with Gasteiger partial charge in [-0.2, -0.15) is 0 Å². The van der Waals surface area contributed by atoms with Gasteiger partial charge in [0.25, 0.3) is 0 Å². The highest BCUT2D eigenvalue weighted by Gasteiger charge is 2.24. The monoisotopic (exact) mass is 338 g/mol. The number of hydrogen-bond donors (Lipinski definition) is 1. The van der Waals surface area contributed by atoms with Crippen molar-refractivity contribution in [2.24, 2.45) is 5.92 Å². The van der Waals surface area contributed by atoms with Gasteiger partial charge < -0.3 is 15.0 Å². The van der Waals surface area contributed by atoms with E-state index in [0.717, 1.165) is 51.9 Å². The number of amides is 1. The quantitative estimate of drug-likeness (QED) is 0.737. The van der Waals surface area contributed by atoms with Gasteiger partial charge in [-0.05, 0) is 56.8 Å². The van der Waals surface area contributed by atoms with Crippen LogP contribution in [-0.2, 0) is 20.7 Å². The number of thiophene rings is 1. The number of nitrogens with one attached hydrogen (secondary N) is 1. The minimum Gasteiger partial charge on any atom is -0.469 e. The maximum absolute atomic E-state index is 12.2. The fourth-order valence-electron chi connectivity index (χ4n) is 2.88. The molecule has 5 nitrogen and oxygen atoms in total. The van der Waals surface area contributed by atoms with Crippen molar-refractivity contribution in [3.05, 3.63) is 22.4 Å². The summed E-state index contributed by atoms with van der Waals surface area (Å²) < 4.78 is 4.64. The minimum atomic E-state index is -0.148. The first-order valence-corrected chi connectivity index (χ1v) is 9.16. The number of piperidine rings is 1. The summed E-state index contributed by atoms with van der Waals surface area (Å²) in [5.41, 5.74) is 0. The predicted molar refractivity (Wildman–Crippen MR) is 91.4 cm³/mol. The van der Waals surface area contributed by atoms with Gasteiger partial charge in [-0.1, -0.05) is 6.07 Å². The molecule has 1 saturated heterocycles. The first kappa shape index (κ1) is 17.9. The number of carbonyl (C=O) groups excluding carboxylic acids is 2. The molecule has 2 heterocycles. The van der Waals surface area contributed by atoms with E-state index in [9.17, 15) is 9.59 Å². The van der Waals surface area contributed by atoms with Gasteiger partial charge in [0.15, 0.2) is 0 Å². The second kappa shape index (κ2) is 9.67. The Kier molecular flexibility index (Phi) is 7.55. The normalized spacial score (nSPS) is 16.2. The first-order valence-electron chi connectivity index (χ1n) is 8.28. The molecule has 23 heavy (non-hydrogen) atoms. The highest BCUT2D eigenvalue weighted by Crippen LogP contribution is 2.18. The summed E-state index contributed by atoms with van der Waals surface area (Å²) in [4.78, 5) is 26.9. The summed E-state index contributed by atoms with van der Waals surface area (Å²) in [7, 11) is 1.42. The number of methoxy groups -OCH3 is 1. The Labute approximate surface area is 142 Å². The maximum Gasteiger partial charge on any atom is 0.305 e. The molecule has 1 fully saturated rings. The lowest BCUT2D eigenvalue weighted by atomic mass is 9.95. The Bertz CT molecular complexity index is 482. The van der Waals surface area contributed by atoms with Gasteiger partial charge in [0.1, 0.15) is 0 Å². The summed E-state index contributed by atoms with van der Waals surface area (Å²) in [6.45, 7) is 3.49. The van der Waals surface area contributed by atoms with Gasteiger partial charge in [-0.3, -0.25) is 9.59 Å². The van der Waals surface area contributed by atoms with Crippen LogP contribution in [0.4, 0.5) is 0 Å². The van der Waals surface area contributed by atoms with Crippen LogP contribution in [0.15, 0.2) is 17.5 Å². The fraction of sp³-hybridized carbons (Fsp3) is 0.647. The van der Waals surface area contributed by atoms with Crippen LogP contribution in [0.25, 0.3) is 0 Å². The molecular weight excluding hydrogens is 312 g/mol. The molecule has 0 radical (unpaired) electrons. The number of carbonyl (C=O) groups is 2. The number of esters is 1. The van der Waals surface area contributed by atoms with Gasteiger partial charge >= 0.3 is 5.97 Å². The maximum atomic E-state index is 12.2. The molecule has 1 aliphatic heterocycles. The van der Waals surface area contributed by atoms with E-state index in [1.165, 1.54) is 12.0 Å². The Hall–Kier alpha value is -1.40. The summed E-state index contributed by atoms with van der Waals surface area (Å²) >= 11 is 1.73. The van der Waals surface area contributed by atoms with Gasteiger partial charge in [0, 0.05) is 23.8 Å². The number of nitrogens with zero attached hydrogens (tertiary/aromatic N) is 1. The van der Waals surface area contributed by atoms with E-state index in [-0.39, 0.29) is 17.8 Å². The van der Waals surface area contributed by atoms with E-state index in [4.69, 9.17) is 0 Å². The third kappa shape index (κ3) is 6.31. The molecule has 0 atom stereocenters. The Morgan fingerprint density at radius 1 is 1.39 bits per heavy atom. The van der Waals surface area contributed by atoms with Crippen LogP contribution in [0, 0.1) is 5.92 Å². The molecule has 0 spiro atoms. The van der Waals surface area contributed by atoms with Crippen molar-refractivity contribution < 1.29 is 14.3 Å². The molecule has 6 heteroatoms. The molecule has 1 aromatic heterocycles. The zero-order valence-electron chi connectivity index (χ0n) is 13.8. The molecule has 1 N–H and O–H groups in total. The van der Waals surface area contributed by atoms with E-state index >= 15 is 0 Å². The van der Waals surface area contributed by atoms with Gasteiger partial charge in [0.2, 0.25) is 5.91 Å². The molecule has 128 valence electrons. The number of rotatable bonds is 8. The predicted octanol–water partition coefficient (Wildman–Crippen LogP) is 2.07. The van der Waals surface area contributed by atoms with Crippen molar-refractivity contribution in [2.75, 3.05) is 33.3 Å². The lowest BCUT2D eigenvalue weighted by Gasteiger charge is -2.31. The molecule has 2 rings (SSSR count). The third-order valence-corrected chi connectivity index (χ3v) is 5.23. The second-order valence-electron chi connectivity index (χ2n) is 5.92. The van der Waals surface area contributed by atoms with Crippen LogP contribution in [0.5, 0.6) is 0 Å². The third-order valence-electron chi connectivity index (χ3n) is 4.29. The van der Waals surface area contributed by atoms with E-state index < -0.39 is 0 Å². The summed E-state index contributed by atoms with van der Waals surface area (Å²) in [5.74, 6) is 0.177. The lowest BCUT2D eigenvalue weighted by Crippen LogP contribution is -2.41. The van der Waals surface area contributed by atoms with Crippen LogP contribution in [-0.4, -0.2) is 50.1 Å². The molecular formula is C17H26N2O3S. The highest BCUT2D eigenvalue weighted by molar-refractivity contribution is 7.09. The first-order chi connectivity index (χ1) is 11.2.